The summed E-state index contributed by atoms with van der Waals surface area (Å²) >= 11 is 1.83. The Morgan fingerprint density at radius 1 is 1.38 bits per heavy atom. The number of halogens is 1. The van der Waals surface area contributed by atoms with Gasteiger partial charge in [-0.25, -0.2) is 0 Å². The smallest absolute Gasteiger partial charge is 0.191 e. The molecule has 24 heavy (non-hydrogen) atoms. The second-order valence-corrected chi connectivity index (χ2v) is 7.27. The van der Waals surface area contributed by atoms with Crippen LogP contribution in [0.25, 0.3) is 0 Å². The number of ether oxygens (including phenoxy) is 1. The molecule has 0 radical (unpaired) electrons. The quantitative estimate of drug-likeness (QED) is 0.370. The summed E-state index contributed by atoms with van der Waals surface area (Å²) in [6, 6.07) is 4.76. The lowest BCUT2D eigenvalue weighted by molar-refractivity contribution is 0.0177. The minimum absolute atomic E-state index is 0. The maximum atomic E-state index is 5.50. The zero-order chi connectivity index (χ0) is 15.9. The summed E-state index contributed by atoms with van der Waals surface area (Å²) in [5, 5.41) is 9.11. The molecule has 0 bridgehead atoms. The van der Waals surface area contributed by atoms with Gasteiger partial charge in [0, 0.05) is 38.1 Å². The van der Waals surface area contributed by atoms with E-state index < -0.39 is 0 Å². The van der Waals surface area contributed by atoms with Gasteiger partial charge >= 0.3 is 0 Å². The molecule has 3 rings (SSSR count). The van der Waals surface area contributed by atoms with Crippen LogP contribution in [0.5, 0.6) is 0 Å². The van der Waals surface area contributed by atoms with Crippen molar-refractivity contribution in [1.29, 1.82) is 0 Å². The fourth-order valence-electron chi connectivity index (χ4n) is 2.99. The zero-order valence-corrected chi connectivity index (χ0v) is 17.5. The molecule has 136 valence electrons. The molecule has 1 atom stereocenters. The van der Waals surface area contributed by atoms with Gasteiger partial charge in [-0.3, -0.25) is 9.89 Å². The average molecular weight is 464 g/mol. The molecule has 1 saturated heterocycles. The lowest BCUT2D eigenvalue weighted by atomic mass is 10.2. The van der Waals surface area contributed by atoms with Gasteiger partial charge in [0.2, 0.25) is 0 Å². The van der Waals surface area contributed by atoms with Crippen LogP contribution in [-0.2, 0) is 4.74 Å². The van der Waals surface area contributed by atoms with Gasteiger partial charge in [0.05, 0.1) is 19.3 Å². The first-order chi connectivity index (χ1) is 11.4. The van der Waals surface area contributed by atoms with Crippen LogP contribution >= 0.6 is 35.3 Å². The van der Waals surface area contributed by atoms with Crippen molar-refractivity contribution < 1.29 is 4.74 Å². The fourth-order valence-corrected chi connectivity index (χ4v) is 3.86. The van der Waals surface area contributed by atoms with E-state index in [1.807, 2.05) is 18.4 Å². The predicted molar refractivity (Wildman–Crippen MR) is 112 cm³/mol. The summed E-state index contributed by atoms with van der Waals surface area (Å²) < 4.78 is 5.50. The Morgan fingerprint density at radius 3 is 2.79 bits per heavy atom. The van der Waals surface area contributed by atoms with Gasteiger partial charge in [0.15, 0.2) is 5.96 Å². The van der Waals surface area contributed by atoms with Gasteiger partial charge in [-0.15, -0.1) is 35.3 Å². The van der Waals surface area contributed by atoms with Crippen molar-refractivity contribution >= 4 is 41.3 Å². The maximum Gasteiger partial charge on any atom is 0.191 e. The van der Waals surface area contributed by atoms with Gasteiger partial charge in [-0.2, -0.15) is 0 Å². The molecule has 1 aromatic heterocycles. The summed E-state index contributed by atoms with van der Waals surface area (Å²) in [5.74, 6) is 1.87. The Balaban J connectivity index is 0.00000208. The number of rotatable bonds is 7. The lowest BCUT2D eigenvalue weighted by Crippen LogP contribution is -2.46. The third-order valence-corrected chi connectivity index (χ3v) is 5.56. The van der Waals surface area contributed by atoms with Crippen molar-refractivity contribution in [2.75, 3.05) is 46.4 Å². The number of hydrogen-bond acceptors (Lipinski definition) is 4. The van der Waals surface area contributed by atoms with E-state index in [1.165, 1.54) is 24.1 Å². The van der Waals surface area contributed by atoms with Crippen LogP contribution in [0.3, 0.4) is 0 Å². The summed E-state index contributed by atoms with van der Waals surface area (Å²) in [4.78, 5) is 8.28. The molecule has 7 heteroatoms. The van der Waals surface area contributed by atoms with E-state index in [0.717, 1.165) is 51.3 Å². The molecular weight excluding hydrogens is 435 g/mol. The van der Waals surface area contributed by atoms with E-state index in [-0.39, 0.29) is 24.0 Å². The molecule has 0 aromatic carbocycles. The van der Waals surface area contributed by atoms with Crippen LogP contribution in [0.2, 0.25) is 0 Å². The summed E-state index contributed by atoms with van der Waals surface area (Å²) in [7, 11) is 1.85. The first kappa shape index (κ1) is 19.9. The summed E-state index contributed by atoms with van der Waals surface area (Å²) in [6.07, 6.45) is 4.08. The van der Waals surface area contributed by atoms with Crippen LogP contribution in [0.4, 0.5) is 0 Å². The third-order valence-electron chi connectivity index (χ3n) is 4.59. The molecule has 1 aromatic rings. The SMILES string of the molecule is CN=C(NCCC1CC1)NCC(c1cccs1)N1CCOCC1.I. The highest BCUT2D eigenvalue weighted by molar-refractivity contribution is 14.0. The first-order valence-corrected chi connectivity index (χ1v) is 9.54. The monoisotopic (exact) mass is 464 g/mol. The highest BCUT2D eigenvalue weighted by atomic mass is 127. The van der Waals surface area contributed by atoms with Crippen molar-refractivity contribution in [2.45, 2.75) is 25.3 Å². The van der Waals surface area contributed by atoms with E-state index in [4.69, 9.17) is 4.74 Å². The van der Waals surface area contributed by atoms with Crippen LogP contribution in [-0.4, -0.2) is 57.3 Å². The minimum atomic E-state index is 0. The Hall–Kier alpha value is -0.380. The molecule has 2 fully saturated rings. The van der Waals surface area contributed by atoms with Crippen LogP contribution in [0.1, 0.15) is 30.2 Å². The molecule has 2 aliphatic rings. The van der Waals surface area contributed by atoms with Crippen molar-refractivity contribution in [2.24, 2.45) is 10.9 Å². The van der Waals surface area contributed by atoms with Crippen LogP contribution in [0, 0.1) is 5.92 Å². The second-order valence-electron chi connectivity index (χ2n) is 6.29. The Bertz CT molecular complexity index is 487. The first-order valence-electron chi connectivity index (χ1n) is 8.66. The molecule has 1 aliphatic carbocycles. The Kier molecular flexibility index (Phi) is 8.79. The number of nitrogens with one attached hydrogen (secondary N) is 2. The van der Waals surface area contributed by atoms with E-state index in [9.17, 15) is 0 Å². The maximum absolute atomic E-state index is 5.50. The molecule has 5 nitrogen and oxygen atoms in total. The summed E-state index contributed by atoms with van der Waals surface area (Å²) in [5.41, 5.74) is 0. The number of guanidine groups is 1. The Morgan fingerprint density at radius 2 is 2.17 bits per heavy atom. The highest BCUT2D eigenvalue weighted by Gasteiger charge is 2.24. The average Bonchev–Trinajstić information content (AvgIpc) is 3.26. The largest absolute Gasteiger partial charge is 0.379 e. The van der Waals surface area contributed by atoms with Crippen LogP contribution < -0.4 is 10.6 Å². The van der Waals surface area contributed by atoms with Crippen LogP contribution in [0.15, 0.2) is 22.5 Å². The lowest BCUT2D eigenvalue weighted by Gasteiger charge is -2.34. The molecule has 2 N–H and O–H groups in total. The second kappa shape index (κ2) is 10.6. The van der Waals surface area contributed by atoms with Crippen molar-refractivity contribution in [3.63, 3.8) is 0 Å². The molecule has 1 aliphatic heterocycles. The standard InChI is InChI=1S/C17H28N4OS.HI/c1-18-17(19-7-6-14-4-5-14)20-13-15(16-3-2-12-23-16)21-8-10-22-11-9-21;/h2-3,12,14-15H,4-11,13H2,1H3,(H2,18,19,20);1H. The molecule has 1 unspecified atom stereocenters. The van der Waals surface area contributed by atoms with E-state index >= 15 is 0 Å². The molecule has 0 spiro atoms. The number of hydrogen-bond donors (Lipinski definition) is 2. The topological polar surface area (TPSA) is 48.9 Å². The Labute approximate surface area is 166 Å². The van der Waals surface area contributed by atoms with Gasteiger partial charge < -0.3 is 15.4 Å². The van der Waals surface area contributed by atoms with Crippen molar-refractivity contribution in [1.82, 2.24) is 15.5 Å². The number of nitrogens with zero attached hydrogens (tertiary/aromatic N) is 2. The zero-order valence-electron chi connectivity index (χ0n) is 14.4. The third kappa shape index (κ3) is 6.16. The van der Waals surface area contributed by atoms with E-state index in [0.29, 0.717) is 6.04 Å². The molecular formula is C17H29IN4OS. The van der Waals surface area contributed by atoms with Gasteiger partial charge in [0.1, 0.15) is 0 Å². The molecule has 2 heterocycles. The van der Waals surface area contributed by atoms with E-state index in [1.54, 1.807) is 0 Å². The fraction of sp³-hybridized carbons (Fsp3) is 0.706. The predicted octanol–water partition coefficient (Wildman–Crippen LogP) is 2.70. The van der Waals surface area contributed by atoms with Crippen molar-refractivity contribution in [3.8, 4) is 0 Å². The highest BCUT2D eigenvalue weighted by Crippen LogP contribution is 2.31. The van der Waals surface area contributed by atoms with Gasteiger partial charge in [-0.05, 0) is 23.8 Å². The van der Waals surface area contributed by atoms with Gasteiger partial charge in [-0.1, -0.05) is 18.9 Å². The number of morpholine rings is 1. The number of thiophene rings is 1. The summed E-state index contributed by atoms with van der Waals surface area (Å²) in [6.45, 7) is 5.55. The van der Waals surface area contributed by atoms with Gasteiger partial charge in [0.25, 0.3) is 0 Å². The molecule has 0 amide bonds. The number of aliphatic imine (C=N–C) groups is 1. The normalized spacial score (nSPS) is 20.3. The van der Waals surface area contributed by atoms with Crippen molar-refractivity contribution in [3.05, 3.63) is 22.4 Å². The van der Waals surface area contributed by atoms with E-state index in [2.05, 4.69) is 38.0 Å². The minimum Gasteiger partial charge on any atom is -0.379 e. The molecule has 1 saturated carbocycles.